The van der Waals surface area contributed by atoms with Crippen molar-refractivity contribution >= 4 is 44.5 Å². The molecule has 4 rings (SSSR count). The molecule has 0 fully saturated rings. The number of thioether (sulfide) groups is 1. The highest BCUT2D eigenvalue weighted by Crippen LogP contribution is 2.42. The Hall–Kier alpha value is -3.05. The summed E-state index contributed by atoms with van der Waals surface area (Å²) < 4.78 is 37.7. The summed E-state index contributed by atoms with van der Waals surface area (Å²) in [7, 11) is -1.85. The Kier molecular flexibility index (Phi) is 6.61. The van der Waals surface area contributed by atoms with E-state index in [0.717, 1.165) is 21.9 Å². The van der Waals surface area contributed by atoms with Crippen molar-refractivity contribution in [2.75, 3.05) is 30.9 Å². The fraction of sp³-hybridized carbons (Fsp3) is 0.318. The molecule has 1 N–H and O–H groups in total. The Morgan fingerprint density at radius 3 is 2.70 bits per heavy atom. The lowest BCUT2D eigenvalue weighted by Gasteiger charge is -2.22. The Morgan fingerprint density at radius 2 is 1.97 bits per heavy atom. The molecule has 9 nitrogen and oxygen atoms in total. The third kappa shape index (κ3) is 5.31. The highest BCUT2D eigenvalue weighted by atomic mass is 32.2. The number of hydrogen-bond acceptors (Lipinski definition) is 8. The summed E-state index contributed by atoms with van der Waals surface area (Å²) in [5.41, 5.74) is 2.13. The van der Waals surface area contributed by atoms with Crippen LogP contribution in [0.4, 0.5) is 5.69 Å². The van der Waals surface area contributed by atoms with Gasteiger partial charge in [-0.1, -0.05) is 12.1 Å². The standard InChI is InChI=1S/C22H23N3O6S2/c1-14(20(26)23-10-9-15-3-6-17(30-2)7-4-15)31-21(27)16-5-8-18-19(13-16)32-22-24-33(28,29)12-11-25(18)22/h3-8,13-14H,9-12H2,1-2H3,(H,23,26). The monoisotopic (exact) mass is 489 g/mol. The van der Waals surface area contributed by atoms with E-state index >= 15 is 0 Å². The molecule has 2 aromatic rings. The number of methoxy groups -OCH3 is 1. The van der Waals surface area contributed by atoms with E-state index in [1.54, 1.807) is 25.3 Å². The third-order valence-electron chi connectivity index (χ3n) is 5.23. The van der Waals surface area contributed by atoms with Gasteiger partial charge in [0.05, 0.1) is 24.1 Å². The SMILES string of the molecule is COc1ccc(CCNC(=O)C(C)OC(=O)c2ccc3c(c2)SC2=NS(=O)(=O)CCN23)cc1. The van der Waals surface area contributed by atoms with Gasteiger partial charge < -0.3 is 19.7 Å². The number of benzene rings is 2. The molecule has 0 saturated heterocycles. The minimum atomic E-state index is -3.45. The number of amides is 1. The first-order valence-corrected chi connectivity index (χ1v) is 12.7. The van der Waals surface area contributed by atoms with Crippen LogP contribution in [0.25, 0.3) is 0 Å². The molecule has 0 radical (unpaired) electrons. The average molecular weight is 490 g/mol. The molecule has 2 aromatic carbocycles. The molecule has 2 heterocycles. The van der Waals surface area contributed by atoms with Gasteiger partial charge in [-0.2, -0.15) is 0 Å². The Bertz CT molecular complexity index is 1210. The number of ether oxygens (including phenoxy) is 2. The zero-order valence-electron chi connectivity index (χ0n) is 18.1. The van der Waals surface area contributed by atoms with E-state index in [9.17, 15) is 18.0 Å². The van der Waals surface area contributed by atoms with Gasteiger partial charge in [0.15, 0.2) is 11.3 Å². The minimum absolute atomic E-state index is 0.0502. The lowest BCUT2D eigenvalue weighted by atomic mass is 10.1. The second-order valence-corrected chi connectivity index (χ2v) is 10.3. The lowest BCUT2D eigenvalue weighted by molar-refractivity contribution is -0.129. The molecule has 0 spiro atoms. The molecular weight excluding hydrogens is 466 g/mol. The molecule has 0 saturated carbocycles. The number of fused-ring (bicyclic) bond motifs is 3. The second-order valence-electron chi connectivity index (χ2n) is 7.53. The average Bonchev–Trinajstić information content (AvgIpc) is 3.14. The van der Waals surface area contributed by atoms with Crippen LogP contribution in [0.5, 0.6) is 5.75 Å². The number of sulfonamides is 1. The lowest BCUT2D eigenvalue weighted by Crippen LogP contribution is -2.37. The highest BCUT2D eigenvalue weighted by molar-refractivity contribution is 8.15. The van der Waals surface area contributed by atoms with Crippen molar-refractivity contribution in [3.8, 4) is 5.75 Å². The molecule has 1 unspecified atom stereocenters. The molecule has 1 atom stereocenters. The van der Waals surface area contributed by atoms with E-state index in [0.29, 0.717) is 24.7 Å². The van der Waals surface area contributed by atoms with Crippen molar-refractivity contribution in [3.63, 3.8) is 0 Å². The van der Waals surface area contributed by atoms with Crippen LogP contribution >= 0.6 is 11.8 Å². The van der Waals surface area contributed by atoms with Gasteiger partial charge in [-0.15, -0.1) is 4.40 Å². The molecule has 33 heavy (non-hydrogen) atoms. The minimum Gasteiger partial charge on any atom is -0.497 e. The van der Waals surface area contributed by atoms with Gasteiger partial charge in [-0.25, -0.2) is 13.2 Å². The second kappa shape index (κ2) is 9.44. The fourth-order valence-electron chi connectivity index (χ4n) is 3.41. The molecule has 1 amide bonds. The number of carbonyl (C=O) groups excluding carboxylic acids is 2. The van der Waals surface area contributed by atoms with Crippen molar-refractivity contribution in [1.82, 2.24) is 5.32 Å². The quantitative estimate of drug-likeness (QED) is 0.589. The van der Waals surface area contributed by atoms with E-state index in [-0.39, 0.29) is 17.2 Å². The van der Waals surface area contributed by atoms with Crippen molar-refractivity contribution in [3.05, 3.63) is 53.6 Å². The summed E-state index contributed by atoms with van der Waals surface area (Å²) in [5.74, 6) is -0.298. The van der Waals surface area contributed by atoms with Crippen molar-refractivity contribution in [2.45, 2.75) is 24.3 Å². The summed E-state index contributed by atoms with van der Waals surface area (Å²) in [4.78, 5) is 27.4. The number of rotatable bonds is 7. The van der Waals surface area contributed by atoms with Crippen molar-refractivity contribution in [2.24, 2.45) is 4.40 Å². The summed E-state index contributed by atoms with van der Waals surface area (Å²) >= 11 is 1.19. The molecule has 11 heteroatoms. The van der Waals surface area contributed by atoms with Crippen LogP contribution in [-0.2, 0) is 26.0 Å². The molecule has 2 aliphatic heterocycles. The normalized spacial score (nSPS) is 16.8. The van der Waals surface area contributed by atoms with Crippen molar-refractivity contribution < 1.29 is 27.5 Å². The number of nitrogens with zero attached hydrogens (tertiary/aromatic N) is 2. The zero-order valence-corrected chi connectivity index (χ0v) is 19.7. The number of nitrogens with one attached hydrogen (secondary N) is 1. The first kappa shape index (κ1) is 23.1. The van der Waals surface area contributed by atoms with Crippen LogP contribution in [0.3, 0.4) is 0 Å². The van der Waals surface area contributed by atoms with Gasteiger partial charge >= 0.3 is 5.97 Å². The third-order valence-corrected chi connectivity index (χ3v) is 7.54. The van der Waals surface area contributed by atoms with Crippen LogP contribution in [0.15, 0.2) is 51.8 Å². The predicted molar refractivity (Wildman–Crippen MR) is 125 cm³/mol. The van der Waals surface area contributed by atoms with Gasteiger partial charge in [0.2, 0.25) is 0 Å². The highest BCUT2D eigenvalue weighted by Gasteiger charge is 2.33. The number of esters is 1. The summed E-state index contributed by atoms with van der Waals surface area (Å²) in [5, 5.41) is 3.15. The first-order chi connectivity index (χ1) is 15.8. The summed E-state index contributed by atoms with van der Waals surface area (Å²) in [6, 6.07) is 12.5. The van der Waals surface area contributed by atoms with Crippen LogP contribution in [0, 0.1) is 0 Å². The Labute approximate surface area is 196 Å². The maximum atomic E-state index is 12.6. The first-order valence-electron chi connectivity index (χ1n) is 10.3. The number of carbonyl (C=O) groups is 2. The Morgan fingerprint density at radius 1 is 1.21 bits per heavy atom. The van der Waals surface area contributed by atoms with Crippen molar-refractivity contribution in [1.29, 1.82) is 0 Å². The van der Waals surface area contributed by atoms with E-state index in [2.05, 4.69) is 9.71 Å². The molecule has 0 aromatic heterocycles. The molecule has 2 aliphatic rings. The van der Waals surface area contributed by atoms with Gasteiger partial charge in [0.1, 0.15) is 5.75 Å². The molecular formula is C22H23N3O6S2. The Balaban J connectivity index is 1.31. The van der Waals surface area contributed by atoms with Gasteiger partial charge in [0.25, 0.3) is 15.9 Å². The molecule has 174 valence electrons. The zero-order chi connectivity index (χ0) is 23.6. The fourth-order valence-corrected chi connectivity index (χ4v) is 5.70. The van der Waals surface area contributed by atoms with Crippen LogP contribution < -0.4 is 15.0 Å². The maximum absolute atomic E-state index is 12.6. The summed E-state index contributed by atoms with van der Waals surface area (Å²) in [6.07, 6.45) is -0.329. The predicted octanol–water partition coefficient (Wildman–Crippen LogP) is 2.21. The van der Waals surface area contributed by atoms with Crippen LogP contribution in [-0.4, -0.2) is 57.5 Å². The van der Waals surface area contributed by atoms with Gasteiger partial charge in [-0.05, 0) is 61.0 Å². The van der Waals surface area contributed by atoms with E-state index in [1.165, 1.54) is 18.7 Å². The van der Waals surface area contributed by atoms with Gasteiger partial charge in [0, 0.05) is 18.0 Å². The van der Waals surface area contributed by atoms with Crippen LogP contribution in [0.1, 0.15) is 22.8 Å². The van der Waals surface area contributed by atoms with E-state index < -0.39 is 22.1 Å². The van der Waals surface area contributed by atoms with E-state index in [1.807, 2.05) is 29.2 Å². The molecule has 0 bridgehead atoms. The molecule has 0 aliphatic carbocycles. The summed E-state index contributed by atoms with van der Waals surface area (Å²) in [6.45, 7) is 2.24. The number of anilines is 1. The number of hydrogen-bond donors (Lipinski definition) is 1. The number of amidine groups is 1. The largest absolute Gasteiger partial charge is 0.497 e. The topological polar surface area (TPSA) is 114 Å². The maximum Gasteiger partial charge on any atom is 0.338 e. The van der Waals surface area contributed by atoms with Crippen LogP contribution in [0.2, 0.25) is 0 Å². The van der Waals surface area contributed by atoms with Gasteiger partial charge in [-0.3, -0.25) is 4.79 Å². The smallest absolute Gasteiger partial charge is 0.338 e. The van der Waals surface area contributed by atoms with E-state index in [4.69, 9.17) is 9.47 Å².